The molecule has 0 aromatic heterocycles. The van der Waals surface area contributed by atoms with Gasteiger partial charge in [-0.3, -0.25) is 4.90 Å². The molecule has 18 heavy (non-hydrogen) atoms. The number of hydrogen-bond donors (Lipinski definition) is 1. The summed E-state index contributed by atoms with van der Waals surface area (Å²) in [5, 5.41) is 3.31. The first-order chi connectivity index (χ1) is 8.15. The Balaban J connectivity index is 2.59. The monoisotopic (exact) mass is 266 g/mol. The third-order valence-corrected chi connectivity index (χ3v) is 3.74. The van der Waals surface area contributed by atoms with Crippen molar-refractivity contribution in [2.24, 2.45) is 5.41 Å². The highest BCUT2D eigenvalue weighted by Crippen LogP contribution is 2.33. The standard InChI is InChI=1S/C13H25F3N2/c1-5-17-10(2)12(3,4)8-18(11-6-7-11)9-13(14,15)16/h10-11,17H,5-9H2,1-4H3. The summed E-state index contributed by atoms with van der Waals surface area (Å²) in [7, 11) is 0. The van der Waals surface area contributed by atoms with Gasteiger partial charge in [0.1, 0.15) is 0 Å². The maximum Gasteiger partial charge on any atom is 0.401 e. The molecule has 0 amide bonds. The van der Waals surface area contributed by atoms with Crippen molar-refractivity contribution in [3.05, 3.63) is 0 Å². The van der Waals surface area contributed by atoms with E-state index in [9.17, 15) is 13.2 Å². The predicted molar refractivity (Wildman–Crippen MR) is 67.6 cm³/mol. The summed E-state index contributed by atoms with van der Waals surface area (Å²) in [5.74, 6) is 0. The Hall–Kier alpha value is -0.290. The maximum absolute atomic E-state index is 12.6. The van der Waals surface area contributed by atoms with Crippen molar-refractivity contribution >= 4 is 0 Å². The van der Waals surface area contributed by atoms with E-state index in [1.165, 1.54) is 0 Å². The minimum atomic E-state index is -4.10. The Kier molecular flexibility index (Phi) is 5.06. The smallest absolute Gasteiger partial charge is 0.314 e. The van der Waals surface area contributed by atoms with Crippen LogP contribution in [-0.2, 0) is 0 Å². The minimum absolute atomic E-state index is 0.139. The number of nitrogens with zero attached hydrogens (tertiary/aromatic N) is 1. The second-order valence-electron chi connectivity index (χ2n) is 6.02. The lowest BCUT2D eigenvalue weighted by Gasteiger charge is -2.38. The molecule has 2 nitrogen and oxygen atoms in total. The quantitative estimate of drug-likeness (QED) is 0.762. The average molecular weight is 266 g/mol. The molecule has 0 radical (unpaired) electrons. The van der Waals surface area contributed by atoms with E-state index in [2.05, 4.69) is 5.32 Å². The van der Waals surface area contributed by atoms with Gasteiger partial charge in [-0.2, -0.15) is 13.2 Å². The molecule has 1 atom stereocenters. The molecule has 0 aromatic carbocycles. The molecule has 1 unspecified atom stereocenters. The summed E-state index contributed by atoms with van der Waals surface area (Å²) in [4.78, 5) is 1.60. The van der Waals surface area contributed by atoms with Gasteiger partial charge < -0.3 is 5.32 Å². The van der Waals surface area contributed by atoms with Crippen LogP contribution in [0.4, 0.5) is 13.2 Å². The maximum atomic E-state index is 12.6. The van der Waals surface area contributed by atoms with Gasteiger partial charge in [-0.25, -0.2) is 0 Å². The molecular weight excluding hydrogens is 241 g/mol. The van der Waals surface area contributed by atoms with Crippen LogP contribution in [0.25, 0.3) is 0 Å². The molecule has 1 fully saturated rings. The van der Waals surface area contributed by atoms with Crippen LogP contribution in [0.15, 0.2) is 0 Å². The van der Waals surface area contributed by atoms with Crippen LogP contribution in [0.3, 0.4) is 0 Å². The first kappa shape index (κ1) is 15.8. The lowest BCUT2D eigenvalue weighted by Crippen LogP contribution is -2.49. The van der Waals surface area contributed by atoms with Crippen molar-refractivity contribution in [2.75, 3.05) is 19.6 Å². The zero-order chi connectivity index (χ0) is 14.0. The molecule has 0 heterocycles. The molecular formula is C13H25F3N2. The molecule has 1 saturated carbocycles. The van der Waals surface area contributed by atoms with Gasteiger partial charge in [0.05, 0.1) is 6.54 Å². The van der Waals surface area contributed by atoms with Gasteiger partial charge in [0.25, 0.3) is 0 Å². The molecule has 1 rings (SSSR count). The van der Waals surface area contributed by atoms with Crippen molar-refractivity contribution < 1.29 is 13.2 Å². The molecule has 108 valence electrons. The molecule has 0 spiro atoms. The normalized spacial score (nSPS) is 19.3. The summed E-state index contributed by atoms with van der Waals surface area (Å²) in [6, 6.07) is 0.344. The fourth-order valence-corrected chi connectivity index (χ4v) is 2.23. The van der Waals surface area contributed by atoms with E-state index in [0.717, 1.165) is 19.4 Å². The van der Waals surface area contributed by atoms with Crippen LogP contribution in [0.1, 0.15) is 40.5 Å². The largest absolute Gasteiger partial charge is 0.401 e. The predicted octanol–water partition coefficient (Wildman–Crippen LogP) is 3.04. The summed E-state index contributed by atoms with van der Waals surface area (Å²) in [5.41, 5.74) is -0.163. The highest BCUT2D eigenvalue weighted by molar-refractivity contribution is 4.91. The molecule has 0 saturated heterocycles. The third-order valence-electron chi connectivity index (χ3n) is 3.74. The van der Waals surface area contributed by atoms with Gasteiger partial charge in [-0.15, -0.1) is 0 Å². The third kappa shape index (κ3) is 5.14. The van der Waals surface area contributed by atoms with E-state index in [4.69, 9.17) is 0 Å². The number of hydrogen-bond acceptors (Lipinski definition) is 2. The molecule has 0 bridgehead atoms. The van der Waals surface area contributed by atoms with E-state index in [0.29, 0.717) is 6.54 Å². The Bertz CT molecular complexity index is 259. The number of nitrogens with one attached hydrogen (secondary N) is 1. The van der Waals surface area contributed by atoms with Crippen molar-refractivity contribution in [1.29, 1.82) is 0 Å². The minimum Gasteiger partial charge on any atom is -0.314 e. The lowest BCUT2D eigenvalue weighted by atomic mass is 9.84. The van der Waals surface area contributed by atoms with Gasteiger partial charge in [0.15, 0.2) is 0 Å². The van der Waals surface area contributed by atoms with E-state index in [-0.39, 0.29) is 17.5 Å². The number of rotatable bonds is 7. The molecule has 0 aliphatic heterocycles. The first-order valence-electron chi connectivity index (χ1n) is 6.70. The Morgan fingerprint density at radius 3 is 2.17 bits per heavy atom. The second-order valence-corrected chi connectivity index (χ2v) is 6.02. The summed E-state index contributed by atoms with van der Waals surface area (Å²) < 4.78 is 37.7. The average Bonchev–Trinajstić information content (AvgIpc) is 2.97. The van der Waals surface area contributed by atoms with Gasteiger partial charge in [0, 0.05) is 18.6 Å². The van der Waals surface area contributed by atoms with Crippen molar-refractivity contribution in [2.45, 2.75) is 58.8 Å². The zero-order valence-corrected chi connectivity index (χ0v) is 11.8. The topological polar surface area (TPSA) is 15.3 Å². The fraction of sp³-hybridized carbons (Fsp3) is 1.00. The molecule has 0 aromatic rings. The van der Waals surface area contributed by atoms with Gasteiger partial charge in [-0.1, -0.05) is 20.8 Å². The highest BCUT2D eigenvalue weighted by atomic mass is 19.4. The first-order valence-corrected chi connectivity index (χ1v) is 6.70. The summed E-state index contributed by atoms with van der Waals surface area (Å²) in [6.07, 6.45) is -2.29. The SMILES string of the molecule is CCNC(C)C(C)(C)CN(CC(F)(F)F)C1CC1. The van der Waals surface area contributed by atoms with E-state index in [1.54, 1.807) is 4.90 Å². The number of halogens is 3. The van der Waals surface area contributed by atoms with Crippen LogP contribution in [0, 0.1) is 5.41 Å². The van der Waals surface area contributed by atoms with Crippen molar-refractivity contribution in [3.63, 3.8) is 0 Å². The second kappa shape index (κ2) is 5.78. The van der Waals surface area contributed by atoms with Gasteiger partial charge in [-0.05, 0) is 31.7 Å². The van der Waals surface area contributed by atoms with Crippen molar-refractivity contribution in [1.82, 2.24) is 10.2 Å². The van der Waals surface area contributed by atoms with E-state index < -0.39 is 12.7 Å². The van der Waals surface area contributed by atoms with E-state index in [1.807, 2.05) is 27.7 Å². The van der Waals surface area contributed by atoms with E-state index >= 15 is 0 Å². The number of alkyl halides is 3. The molecule has 1 N–H and O–H groups in total. The Morgan fingerprint density at radius 1 is 1.22 bits per heavy atom. The van der Waals surface area contributed by atoms with Crippen LogP contribution in [-0.4, -0.2) is 42.8 Å². The summed E-state index contributed by atoms with van der Waals surface area (Å²) >= 11 is 0. The van der Waals surface area contributed by atoms with Crippen LogP contribution >= 0.6 is 0 Å². The lowest BCUT2D eigenvalue weighted by molar-refractivity contribution is -0.150. The van der Waals surface area contributed by atoms with Gasteiger partial charge >= 0.3 is 6.18 Å². The van der Waals surface area contributed by atoms with Crippen LogP contribution < -0.4 is 5.32 Å². The Labute approximate surface area is 108 Å². The zero-order valence-electron chi connectivity index (χ0n) is 11.8. The molecule has 5 heteroatoms. The molecule has 1 aliphatic carbocycles. The summed E-state index contributed by atoms with van der Waals surface area (Å²) in [6.45, 7) is 8.68. The fourth-order valence-electron chi connectivity index (χ4n) is 2.23. The Morgan fingerprint density at radius 2 is 1.78 bits per heavy atom. The van der Waals surface area contributed by atoms with Crippen LogP contribution in [0.5, 0.6) is 0 Å². The van der Waals surface area contributed by atoms with Crippen molar-refractivity contribution in [3.8, 4) is 0 Å². The molecule has 1 aliphatic rings. The van der Waals surface area contributed by atoms with Crippen LogP contribution in [0.2, 0.25) is 0 Å². The highest BCUT2D eigenvalue weighted by Gasteiger charge is 2.41. The van der Waals surface area contributed by atoms with Gasteiger partial charge in [0.2, 0.25) is 0 Å².